The van der Waals surface area contributed by atoms with Gasteiger partial charge >= 0.3 is 0 Å². The maximum Gasteiger partial charge on any atom is 0.255 e. The van der Waals surface area contributed by atoms with Crippen LogP contribution < -0.4 is 10.0 Å². The van der Waals surface area contributed by atoms with E-state index < -0.39 is 10.0 Å². The summed E-state index contributed by atoms with van der Waals surface area (Å²) in [6.07, 6.45) is 4.21. The first-order valence-electron chi connectivity index (χ1n) is 8.32. The molecule has 0 aliphatic carbocycles. The molecule has 1 aromatic carbocycles. The third-order valence-corrected chi connectivity index (χ3v) is 5.00. The molecule has 134 valence electrons. The molecule has 2 N–H and O–H groups in total. The van der Waals surface area contributed by atoms with Gasteiger partial charge in [0.15, 0.2) is 0 Å². The predicted octanol–water partition coefficient (Wildman–Crippen LogP) is 1.83. The Morgan fingerprint density at radius 2 is 1.96 bits per heavy atom. The van der Waals surface area contributed by atoms with E-state index in [-0.39, 0.29) is 5.91 Å². The van der Waals surface area contributed by atoms with E-state index in [0.29, 0.717) is 17.2 Å². The van der Waals surface area contributed by atoms with Gasteiger partial charge in [0.2, 0.25) is 10.0 Å². The lowest BCUT2D eigenvalue weighted by Crippen LogP contribution is -2.39. The van der Waals surface area contributed by atoms with Gasteiger partial charge in [-0.3, -0.25) is 9.52 Å². The standard InChI is InChI=1S/C17H27N3O3S/c1-13-4-5-16(19-24(3,22)23)15(12-13)17(21)20-10-7-14(8-11-20)6-9-18-2/h4-5,12,14,18-19H,6-11H2,1-3H3. The van der Waals surface area contributed by atoms with Gasteiger partial charge in [0.25, 0.3) is 5.91 Å². The number of likely N-dealkylation sites (tertiary alicyclic amines) is 1. The fourth-order valence-electron chi connectivity index (χ4n) is 3.07. The lowest BCUT2D eigenvalue weighted by molar-refractivity contribution is 0.0688. The maximum absolute atomic E-state index is 12.9. The van der Waals surface area contributed by atoms with E-state index >= 15 is 0 Å². The molecule has 2 rings (SSSR count). The monoisotopic (exact) mass is 353 g/mol. The van der Waals surface area contributed by atoms with Gasteiger partial charge in [0.05, 0.1) is 17.5 Å². The van der Waals surface area contributed by atoms with Crippen LogP contribution in [0.25, 0.3) is 0 Å². The summed E-state index contributed by atoms with van der Waals surface area (Å²) in [6.45, 7) is 4.34. The van der Waals surface area contributed by atoms with Gasteiger partial charge in [0, 0.05) is 13.1 Å². The summed E-state index contributed by atoms with van der Waals surface area (Å²) in [5, 5.41) is 3.16. The summed E-state index contributed by atoms with van der Waals surface area (Å²) in [4.78, 5) is 14.7. The summed E-state index contributed by atoms with van der Waals surface area (Å²) in [5.74, 6) is 0.546. The van der Waals surface area contributed by atoms with Crippen molar-refractivity contribution in [2.45, 2.75) is 26.2 Å². The van der Waals surface area contributed by atoms with Crippen LogP contribution in [0.4, 0.5) is 5.69 Å². The van der Waals surface area contributed by atoms with Gasteiger partial charge in [-0.25, -0.2) is 8.42 Å². The van der Waals surface area contributed by atoms with E-state index in [9.17, 15) is 13.2 Å². The van der Waals surface area contributed by atoms with Crippen LogP contribution in [-0.4, -0.2) is 52.2 Å². The van der Waals surface area contributed by atoms with Crippen LogP contribution in [-0.2, 0) is 10.0 Å². The van der Waals surface area contributed by atoms with E-state index in [1.54, 1.807) is 18.2 Å². The number of benzene rings is 1. The number of carbonyl (C=O) groups is 1. The van der Waals surface area contributed by atoms with E-state index in [1.807, 2.05) is 18.9 Å². The number of hydrogen-bond acceptors (Lipinski definition) is 4. The number of carbonyl (C=O) groups excluding carboxylic acids is 1. The Labute approximate surface area is 144 Å². The van der Waals surface area contributed by atoms with Crippen LogP contribution in [0, 0.1) is 12.8 Å². The van der Waals surface area contributed by atoms with Crippen molar-refractivity contribution >= 4 is 21.6 Å². The Morgan fingerprint density at radius 3 is 2.54 bits per heavy atom. The molecule has 0 bridgehead atoms. The zero-order valence-electron chi connectivity index (χ0n) is 14.6. The number of hydrogen-bond donors (Lipinski definition) is 2. The molecule has 7 heteroatoms. The number of amides is 1. The molecule has 0 atom stereocenters. The second-order valence-electron chi connectivity index (χ2n) is 6.55. The molecule has 1 aliphatic rings. The van der Waals surface area contributed by atoms with Crippen LogP contribution in [0.15, 0.2) is 18.2 Å². The topological polar surface area (TPSA) is 78.5 Å². The van der Waals surface area contributed by atoms with Crippen molar-refractivity contribution in [1.29, 1.82) is 0 Å². The van der Waals surface area contributed by atoms with Crippen molar-refractivity contribution in [2.75, 3.05) is 37.7 Å². The summed E-state index contributed by atoms with van der Waals surface area (Å²) in [5.41, 5.74) is 1.71. The first-order chi connectivity index (χ1) is 11.3. The fraction of sp³-hybridized carbons (Fsp3) is 0.588. The van der Waals surface area contributed by atoms with Gasteiger partial charge < -0.3 is 10.2 Å². The average molecular weight is 353 g/mol. The highest BCUT2D eigenvalue weighted by Gasteiger charge is 2.25. The molecule has 1 heterocycles. The Kier molecular flexibility index (Phi) is 6.23. The Hall–Kier alpha value is -1.60. The van der Waals surface area contributed by atoms with E-state index in [1.165, 1.54) is 0 Å². The molecular weight excluding hydrogens is 326 g/mol. The minimum Gasteiger partial charge on any atom is -0.339 e. The molecule has 6 nitrogen and oxygen atoms in total. The van der Waals surface area contributed by atoms with Gasteiger partial charge in [-0.15, -0.1) is 0 Å². The smallest absolute Gasteiger partial charge is 0.255 e. The molecule has 0 unspecified atom stereocenters. The van der Waals surface area contributed by atoms with Crippen molar-refractivity contribution in [1.82, 2.24) is 10.2 Å². The van der Waals surface area contributed by atoms with Crippen LogP contribution in [0.2, 0.25) is 0 Å². The summed E-state index contributed by atoms with van der Waals surface area (Å²) in [6, 6.07) is 5.21. The largest absolute Gasteiger partial charge is 0.339 e. The third-order valence-electron chi connectivity index (χ3n) is 4.41. The van der Waals surface area contributed by atoms with E-state index in [2.05, 4.69) is 10.0 Å². The number of nitrogens with one attached hydrogen (secondary N) is 2. The van der Waals surface area contributed by atoms with Crippen LogP contribution in [0.5, 0.6) is 0 Å². The highest BCUT2D eigenvalue weighted by Crippen LogP contribution is 2.25. The average Bonchev–Trinajstić information content (AvgIpc) is 2.53. The normalized spacial score (nSPS) is 16.2. The third kappa shape index (κ3) is 5.21. The Morgan fingerprint density at radius 1 is 1.29 bits per heavy atom. The van der Waals surface area contributed by atoms with Gasteiger partial charge in [-0.2, -0.15) is 0 Å². The Bertz CT molecular complexity index is 680. The second-order valence-corrected chi connectivity index (χ2v) is 8.30. The van der Waals surface area contributed by atoms with E-state index in [4.69, 9.17) is 0 Å². The van der Waals surface area contributed by atoms with Gasteiger partial charge in [-0.05, 0) is 57.8 Å². The molecule has 0 saturated carbocycles. The highest BCUT2D eigenvalue weighted by molar-refractivity contribution is 7.92. The summed E-state index contributed by atoms with van der Waals surface area (Å²) >= 11 is 0. The lowest BCUT2D eigenvalue weighted by atomic mass is 9.93. The molecule has 1 saturated heterocycles. The number of rotatable bonds is 6. The second kappa shape index (κ2) is 7.98. The minimum atomic E-state index is -3.42. The summed E-state index contributed by atoms with van der Waals surface area (Å²) < 4.78 is 25.5. The molecule has 1 aromatic rings. The van der Waals surface area contributed by atoms with Crippen LogP contribution in [0.1, 0.15) is 35.2 Å². The minimum absolute atomic E-state index is 0.100. The number of sulfonamides is 1. The first kappa shape index (κ1) is 18.7. The Balaban J connectivity index is 2.11. The van der Waals surface area contributed by atoms with Crippen molar-refractivity contribution in [3.63, 3.8) is 0 Å². The fourth-order valence-corrected chi connectivity index (χ4v) is 3.64. The molecule has 1 fully saturated rings. The molecule has 0 aromatic heterocycles. The van der Waals surface area contributed by atoms with Crippen molar-refractivity contribution < 1.29 is 13.2 Å². The SMILES string of the molecule is CNCCC1CCN(C(=O)c2cc(C)ccc2NS(C)(=O)=O)CC1. The van der Waals surface area contributed by atoms with Crippen molar-refractivity contribution in [3.8, 4) is 0 Å². The van der Waals surface area contributed by atoms with Crippen LogP contribution in [0.3, 0.4) is 0 Å². The molecule has 0 spiro atoms. The van der Waals surface area contributed by atoms with Crippen molar-refractivity contribution in [3.05, 3.63) is 29.3 Å². The van der Waals surface area contributed by atoms with Crippen LogP contribution >= 0.6 is 0 Å². The molecule has 1 amide bonds. The predicted molar refractivity (Wildman–Crippen MR) is 96.8 cm³/mol. The summed E-state index contributed by atoms with van der Waals surface area (Å²) in [7, 11) is -1.47. The van der Waals surface area contributed by atoms with Gasteiger partial charge in [0.1, 0.15) is 0 Å². The van der Waals surface area contributed by atoms with E-state index in [0.717, 1.165) is 50.7 Å². The molecule has 0 radical (unpaired) electrons. The number of nitrogens with zero attached hydrogens (tertiary/aromatic N) is 1. The number of anilines is 1. The zero-order valence-corrected chi connectivity index (χ0v) is 15.4. The zero-order chi connectivity index (χ0) is 17.7. The molecular formula is C17H27N3O3S. The number of piperidine rings is 1. The quantitative estimate of drug-likeness (QED) is 0.818. The maximum atomic E-state index is 12.9. The highest BCUT2D eigenvalue weighted by atomic mass is 32.2. The molecule has 1 aliphatic heterocycles. The number of aryl methyl sites for hydroxylation is 1. The lowest BCUT2D eigenvalue weighted by Gasteiger charge is -2.32. The van der Waals surface area contributed by atoms with Gasteiger partial charge in [-0.1, -0.05) is 11.6 Å². The molecule has 24 heavy (non-hydrogen) atoms. The van der Waals surface area contributed by atoms with Crippen molar-refractivity contribution in [2.24, 2.45) is 5.92 Å². The first-order valence-corrected chi connectivity index (χ1v) is 10.2.